The first-order valence-corrected chi connectivity index (χ1v) is 10.6. The largest absolute Gasteiger partial charge is 0.352 e. The number of aryl methyl sites for hydroxylation is 2. The molecule has 0 radical (unpaired) electrons. The van der Waals surface area contributed by atoms with Gasteiger partial charge in [-0.25, -0.2) is 17.7 Å². The van der Waals surface area contributed by atoms with E-state index in [2.05, 4.69) is 10.3 Å². The van der Waals surface area contributed by atoms with Gasteiger partial charge in [-0.3, -0.25) is 4.79 Å². The molecule has 1 amide bonds. The Hall–Kier alpha value is -1.68. The lowest BCUT2D eigenvalue weighted by Crippen LogP contribution is -2.41. The minimum Gasteiger partial charge on any atom is -0.352 e. The molecule has 156 valence electrons. The van der Waals surface area contributed by atoms with Crippen molar-refractivity contribution in [1.82, 2.24) is 19.2 Å². The number of aromatic nitrogens is 2. The zero-order valence-corrected chi connectivity index (χ0v) is 18.0. The molecule has 0 spiro atoms. The number of rotatable bonds is 8. The highest BCUT2D eigenvalue weighted by molar-refractivity contribution is 7.89. The Kier molecular flexibility index (Phi) is 7.08. The van der Waals surface area contributed by atoms with E-state index in [0.717, 1.165) is 24.2 Å². The Labute approximate surface area is 171 Å². The Balaban J connectivity index is 0.00000280. The van der Waals surface area contributed by atoms with E-state index in [-0.39, 0.29) is 29.3 Å². The number of fused-ring (bicyclic) bond motifs is 1. The van der Waals surface area contributed by atoms with Crippen molar-refractivity contribution in [3.8, 4) is 0 Å². The van der Waals surface area contributed by atoms with Gasteiger partial charge >= 0.3 is 0 Å². The Morgan fingerprint density at radius 3 is 2.64 bits per heavy atom. The van der Waals surface area contributed by atoms with Gasteiger partial charge in [0.15, 0.2) is 0 Å². The first-order chi connectivity index (χ1) is 12.7. The number of imidazole rings is 1. The van der Waals surface area contributed by atoms with Crippen LogP contribution in [-0.2, 0) is 28.3 Å². The van der Waals surface area contributed by atoms with Crippen molar-refractivity contribution in [3.05, 3.63) is 24.0 Å². The molecular formula is C18H28ClN5O3S. The maximum atomic E-state index is 12.3. The number of carbonyl (C=O) groups excluding carboxylic acids is 1. The van der Waals surface area contributed by atoms with Crippen LogP contribution in [0.3, 0.4) is 0 Å². The molecule has 1 aromatic heterocycles. The molecule has 28 heavy (non-hydrogen) atoms. The van der Waals surface area contributed by atoms with Gasteiger partial charge < -0.3 is 15.6 Å². The lowest BCUT2D eigenvalue weighted by atomic mass is 10.1. The third-order valence-electron chi connectivity index (χ3n) is 5.09. The molecule has 1 aliphatic rings. The molecule has 0 saturated heterocycles. The van der Waals surface area contributed by atoms with Gasteiger partial charge in [0.2, 0.25) is 15.9 Å². The first kappa shape index (κ1) is 22.6. The van der Waals surface area contributed by atoms with Crippen LogP contribution in [0.2, 0.25) is 0 Å². The minimum absolute atomic E-state index is 0. The van der Waals surface area contributed by atoms with E-state index >= 15 is 0 Å². The quantitative estimate of drug-likeness (QED) is 0.651. The molecule has 2 aromatic rings. The average molecular weight is 430 g/mol. The van der Waals surface area contributed by atoms with Gasteiger partial charge in [-0.05, 0) is 37.0 Å². The predicted molar refractivity (Wildman–Crippen MR) is 111 cm³/mol. The Morgan fingerprint density at radius 2 is 2.07 bits per heavy atom. The van der Waals surface area contributed by atoms with Crippen molar-refractivity contribution in [1.29, 1.82) is 0 Å². The van der Waals surface area contributed by atoms with Crippen LogP contribution in [0.25, 0.3) is 11.0 Å². The number of sulfonamides is 1. The number of amides is 1. The van der Waals surface area contributed by atoms with Gasteiger partial charge in [0.1, 0.15) is 5.82 Å². The molecule has 1 atom stereocenters. The second-order valence-corrected chi connectivity index (χ2v) is 9.42. The van der Waals surface area contributed by atoms with Crippen LogP contribution < -0.4 is 11.1 Å². The molecule has 1 heterocycles. The summed E-state index contributed by atoms with van der Waals surface area (Å²) < 4.78 is 27.7. The summed E-state index contributed by atoms with van der Waals surface area (Å²) in [7, 11) is 1.36. The topological polar surface area (TPSA) is 110 Å². The van der Waals surface area contributed by atoms with Crippen molar-refractivity contribution in [2.45, 2.75) is 36.6 Å². The molecule has 3 rings (SSSR count). The summed E-state index contributed by atoms with van der Waals surface area (Å²) in [5.41, 5.74) is 7.17. The molecule has 8 nitrogen and oxygen atoms in total. The van der Waals surface area contributed by atoms with Gasteiger partial charge in [0, 0.05) is 46.6 Å². The van der Waals surface area contributed by atoms with Crippen molar-refractivity contribution in [2.75, 3.05) is 20.6 Å². The highest BCUT2D eigenvalue weighted by Crippen LogP contribution is 2.32. The van der Waals surface area contributed by atoms with E-state index < -0.39 is 10.0 Å². The molecule has 1 fully saturated rings. The number of nitrogens with one attached hydrogen (secondary N) is 1. The maximum absolute atomic E-state index is 12.3. The molecule has 10 heteroatoms. The molecule has 0 bridgehead atoms. The summed E-state index contributed by atoms with van der Waals surface area (Å²) in [6.45, 7) is 0.464. The monoisotopic (exact) mass is 429 g/mol. The lowest BCUT2D eigenvalue weighted by molar-refractivity contribution is -0.121. The van der Waals surface area contributed by atoms with E-state index in [4.69, 9.17) is 5.73 Å². The van der Waals surface area contributed by atoms with Crippen LogP contribution in [0.1, 0.15) is 25.1 Å². The average Bonchev–Trinajstić information content (AvgIpc) is 3.42. The first-order valence-electron chi connectivity index (χ1n) is 9.11. The van der Waals surface area contributed by atoms with Gasteiger partial charge in [0.25, 0.3) is 0 Å². The fourth-order valence-corrected chi connectivity index (χ4v) is 4.12. The summed E-state index contributed by atoms with van der Waals surface area (Å²) in [5, 5.41) is 3.01. The van der Waals surface area contributed by atoms with Gasteiger partial charge in [-0.15, -0.1) is 12.4 Å². The number of halogens is 1. The van der Waals surface area contributed by atoms with E-state index in [1.807, 2.05) is 11.6 Å². The standard InChI is InChI=1S/C18H27N5O3S.ClH/c1-22(2)27(25,26)13-6-7-16-14(10-13)20-17(23(16)3)8-9-18(24)21-15(11-19)12-4-5-12;/h6-7,10,12,15H,4-5,8-9,11,19H2,1-3H3,(H,21,24);1H. The fourth-order valence-electron chi connectivity index (χ4n) is 3.20. The summed E-state index contributed by atoms with van der Waals surface area (Å²) >= 11 is 0. The summed E-state index contributed by atoms with van der Waals surface area (Å²) in [5.74, 6) is 1.24. The normalized spacial score (nSPS) is 15.5. The zero-order valence-electron chi connectivity index (χ0n) is 16.4. The molecular weight excluding hydrogens is 402 g/mol. The number of hydrogen-bond donors (Lipinski definition) is 2. The number of hydrogen-bond acceptors (Lipinski definition) is 5. The molecule has 3 N–H and O–H groups in total. The minimum atomic E-state index is -3.51. The van der Waals surface area contributed by atoms with Gasteiger partial charge in [-0.2, -0.15) is 0 Å². The lowest BCUT2D eigenvalue weighted by Gasteiger charge is -2.15. The smallest absolute Gasteiger partial charge is 0.242 e. The number of nitrogens with two attached hydrogens (primary N) is 1. The number of benzene rings is 1. The SMILES string of the molecule is CN(C)S(=O)(=O)c1ccc2c(c1)nc(CCC(=O)NC(CN)C1CC1)n2C.Cl. The van der Waals surface area contributed by atoms with Crippen molar-refractivity contribution >= 4 is 39.4 Å². The van der Waals surface area contributed by atoms with Crippen LogP contribution in [0, 0.1) is 5.92 Å². The summed E-state index contributed by atoms with van der Waals surface area (Å²) in [6, 6.07) is 4.97. The van der Waals surface area contributed by atoms with E-state index in [1.165, 1.54) is 18.4 Å². The van der Waals surface area contributed by atoms with Crippen molar-refractivity contribution in [2.24, 2.45) is 18.7 Å². The molecule has 1 aliphatic carbocycles. The third-order valence-corrected chi connectivity index (χ3v) is 6.90. The predicted octanol–water partition coefficient (Wildman–Crippen LogP) is 1.03. The highest BCUT2D eigenvalue weighted by atomic mass is 35.5. The third kappa shape index (κ3) is 4.65. The van der Waals surface area contributed by atoms with Gasteiger partial charge in [-0.1, -0.05) is 0 Å². The summed E-state index contributed by atoms with van der Waals surface area (Å²) in [4.78, 5) is 17.0. The number of carbonyl (C=O) groups is 1. The van der Waals surface area contributed by atoms with Crippen LogP contribution >= 0.6 is 12.4 Å². The fraction of sp³-hybridized carbons (Fsp3) is 0.556. The van der Waals surface area contributed by atoms with Crippen LogP contribution in [0.4, 0.5) is 0 Å². The zero-order chi connectivity index (χ0) is 19.8. The second kappa shape index (κ2) is 8.77. The van der Waals surface area contributed by atoms with E-state index in [9.17, 15) is 13.2 Å². The van der Waals surface area contributed by atoms with Gasteiger partial charge in [0.05, 0.1) is 15.9 Å². The molecule has 1 saturated carbocycles. The summed E-state index contributed by atoms with van der Waals surface area (Å²) in [6.07, 6.45) is 3.06. The van der Waals surface area contributed by atoms with E-state index in [0.29, 0.717) is 30.8 Å². The van der Waals surface area contributed by atoms with Crippen LogP contribution in [-0.4, -0.2) is 54.9 Å². The van der Waals surface area contributed by atoms with Crippen molar-refractivity contribution < 1.29 is 13.2 Å². The molecule has 0 aliphatic heterocycles. The Bertz CT molecular complexity index is 954. The van der Waals surface area contributed by atoms with E-state index in [1.54, 1.807) is 18.2 Å². The van der Waals surface area contributed by atoms with Crippen LogP contribution in [0.15, 0.2) is 23.1 Å². The highest BCUT2D eigenvalue weighted by Gasteiger charge is 2.31. The van der Waals surface area contributed by atoms with Crippen LogP contribution in [0.5, 0.6) is 0 Å². The second-order valence-electron chi connectivity index (χ2n) is 7.27. The molecule has 1 unspecified atom stereocenters. The Morgan fingerprint density at radius 1 is 1.39 bits per heavy atom. The molecule has 1 aromatic carbocycles. The maximum Gasteiger partial charge on any atom is 0.242 e. The van der Waals surface area contributed by atoms with Crippen molar-refractivity contribution in [3.63, 3.8) is 0 Å². The number of nitrogens with zero attached hydrogens (tertiary/aromatic N) is 3.